The number of para-hydroxylation sites is 3. The lowest BCUT2D eigenvalue weighted by Crippen LogP contribution is -2.74. The number of hydrogen-bond donors (Lipinski definition) is 0. The molecule has 68 heavy (non-hydrogen) atoms. The molecule has 12 rings (SSSR count). The molecule has 6 heteroatoms. The summed E-state index contributed by atoms with van der Waals surface area (Å²) < 4.78 is 2.38. The van der Waals surface area contributed by atoms with E-state index in [1.54, 1.807) is 0 Å². The SMILES string of the molecule is CC(C)N1ON(c2cccc([Si](c3ccccc3)(c3ccccc3)c3ccc4c5ccccc5n(-c5cc(-c6c(-c7ccccc7)cccc6-c6ccccc6)ccn5)c4c3)c2)c2ccccc21. The van der Waals surface area contributed by atoms with Crippen molar-refractivity contribution in [2.75, 3.05) is 10.1 Å². The predicted molar refractivity (Wildman–Crippen MR) is 286 cm³/mol. The van der Waals surface area contributed by atoms with Gasteiger partial charge in [0.05, 0.1) is 34.1 Å². The van der Waals surface area contributed by atoms with Gasteiger partial charge in [0.2, 0.25) is 0 Å². The van der Waals surface area contributed by atoms with E-state index in [2.05, 4.69) is 261 Å². The lowest BCUT2D eigenvalue weighted by Gasteiger charge is -2.35. The van der Waals surface area contributed by atoms with Crippen molar-refractivity contribution < 1.29 is 4.94 Å². The zero-order valence-electron chi connectivity index (χ0n) is 37.9. The van der Waals surface area contributed by atoms with Crippen molar-refractivity contribution in [1.29, 1.82) is 0 Å². The fourth-order valence-electron chi connectivity index (χ4n) is 10.5. The smallest absolute Gasteiger partial charge is 0.179 e. The first-order valence-corrected chi connectivity index (χ1v) is 25.4. The number of benzene rings is 9. The third kappa shape index (κ3) is 6.84. The number of pyridine rings is 1. The molecule has 0 N–H and O–H groups in total. The maximum atomic E-state index is 6.70. The Morgan fingerprint density at radius 1 is 0.426 bits per heavy atom. The summed E-state index contributed by atoms with van der Waals surface area (Å²) >= 11 is 0. The molecule has 1 aliphatic rings. The number of hydrogen-bond acceptors (Lipinski definition) is 4. The molecule has 0 bridgehead atoms. The average molecular weight is 893 g/mol. The molecule has 0 unspecified atom stereocenters. The Morgan fingerprint density at radius 3 is 1.63 bits per heavy atom. The first-order chi connectivity index (χ1) is 33.6. The Balaban J connectivity index is 1.10. The van der Waals surface area contributed by atoms with Crippen LogP contribution in [0.2, 0.25) is 0 Å². The van der Waals surface area contributed by atoms with Crippen LogP contribution in [0.1, 0.15) is 13.8 Å². The molecular formula is C62H48N4OSi. The Bertz CT molecular complexity index is 3500. The molecule has 0 saturated heterocycles. The van der Waals surface area contributed by atoms with Crippen molar-refractivity contribution in [3.8, 4) is 39.2 Å². The van der Waals surface area contributed by atoms with Crippen LogP contribution in [0.25, 0.3) is 61.0 Å². The van der Waals surface area contributed by atoms with E-state index >= 15 is 0 Å². The van der Waals surface area contributed by atoms with Gasteiger partial charge < -0.3 is 0 Å². The van der Waals surface area contributed by atoms with Crippen LogP contribution >= 0.6 is 0 Å². The zero-order valence-corrected chi connectivity index (χ0v) is 38.9. The molecule has 9 aromatic carbocycles. The van der Waals surface area contributed by atoms with Crippen LogP contribution in [-0.2, 0) is 4.94 Å². The summed E-state index contributed by atoms with van der Waals surface area (Å²) in [6, 6.07) is 88.4. The fourth-order valence-corrected chi connectivity index (χ4v) is 15.3. The third-order valence-electron chi connectivity index (χ3n) is 13.5. The molecule has 0 spiro atoms. The second-order valence-electron chi connectivity index (χ2n) is 17.8. The van der Waals surface area contributed by atoms with E-state index in [0.717, 1.165) is 39.5 Å². The highest BCUT2D eigenvalue weighted by Crippen LogP contribution is 2.43. The Kier molecular flexibility index (Phi) is 10.4. The summed E-state index contributed by atoms with van der Waals surface area (Å²) in [6.07, 6.45) is 1.98. The molecule has 0 amide bonds. The van der Waals surface area contributed by atoms with E-state index in [1.165, 1.54) is 59.3 Å². The standard InChI is InChI=1S/C62H48N4OSi/c1-44(2)65-58-35-17-18-36-59(58)66(67-65)48-25-19-30-51(42-48)68(49-26-11-5-12-27-49,50-28-13-6-14-29-50)52-37-38-56-55-31-15-16-34-57(55)64(60(56)43-52)61-41-47(39-40-63-61)62-53(45-21-7-3-8-22-45)32-20-33-54(62)46-23-9-4-10-24-46/h3-44H,1-2H3. The third-order valence-corrected chi connectivity index (χ3v) is 18.3. The van der Waals surface area contributed by atoms with Crippen LogP contribution < -0.4 is 30.9 Å². The minimum atomic E-state index is -3.09. The second-order valence-corrected chi connectivity index (χ2v) is 21.6. The molecule has 0 fully saturated rings. The van der Waals surface area contributed by atoms with Crippen LogP contribution in [0.15, 0.2) is 249 Å². The molecule has 326 valence electrons. The Labute approximate surface area is 398 Å². The van der Waals surface area contributed by atoms with Crippen molar-refractivity contribution in [1.82, 2.24) is 9.55 Å². The van der Waals surface area contributed by atoms with E-state index in [-0.39, 0.29) is 6.04 Å². The van der Waals surface area contributed by atoms with Gasteiger partial charge in [-0.2, -0.15) is 5.06 Å². The molecule has 1 aliphatic heterocycles. The second kappa shape index (κ2) is 17.2. The fraction of sp³-hybridized carbons (Fsp3) is 0.0484. The van der Waals surface area contributed by atoms with E-state index in [1.807, 2.05) is 16.3 Å². The lowest BCUT2D eigenvalue weighted by atomic mass is 9.88. The summed E-state index contributed by atoms with van der Waals surface area (Å²) in [6.45, 7) is 4.32. The highest BCUT2D eigenvalue weighted by molar-refractivity contribution is 7.20. The van der Waals surface area contributed by atoms with Crippen LogP contribution in [0.5, 0.6) is 0 Å². The lowest BCUT2D eigenvalue weighted by molar-refractivity contribution is 0.113. The minimum Gasteiger partial charge on any atom is -0.294 e. The van der Waals surface area contributed by atoms with Gasteiger partial charge in [-0.05, 0) is 117 Å². The maximum absolute atomic E-state index is 6.70. The predicted octanol–water partition coefficient (Wildman–Crippen LogP) is 12.8. The zero-order chi connectivity index (χ0) is 45.6. The summed E-state index contributed by atoms with van der Waals surface area (Å²) in [7, 11) is -3.09. The van der Waals surface area contributed by atoms with Gasteiger partial charge in [0, 0.05) is 17.0 Å². The number of aromatic nitrogens is 2. The Hall–Kier alpha value is -8.29. The van der Waals surface area contributed by atoms with E-state index in [0.29, 0.717) is 0 Å². The molecule has 2 aromatic heterocycles. The first-order valence-electron chi connectivity index (χ1n) is 23.4. The average Bonchev–Trinajstić information content (AvgIpc) is 3.97. The monoisotopic (exact) mass is 892 g/mol. The van der Waals surface area contributed by atoms with Gasteiger partial charge in [0.15, 0.2) is 8.07 Å². The van der Waals surface area contributed by atoms with Crippen molar-refractivity contribution >= 4 is 67.7 Å². The van der Waals surface area contributed by atoms with Crippen LogP contribution in [0, 0.1) is 0 Å². The van der Waals surface area contributed by atoms with E-state index in [9.17, 15) is 0 Å². The van der Waals surface area contributed by atoms with Gasteiger partial charge in [-0.3, -0.25) is 4.57 Å². The number of fused-ring (bicyclic) bond motifs is 4. The largest absolute Gasteiger partial charge is 0.294 e. The van der Waals surface area contributed by atoms with Crippen LogP contribution in [0.4, 0.5) is 17.1 Å². The van der Waals surface area contributed by atoms with Crippen molar-refractivity contribution in [2.24, 2.45) is 0 Å². The molecule has 3 heterocycles. The first kappa shape index (κ1) is 41.2. The van der Waals surface area contributed by atoms with Gasteiger partial charge in [-0.1, -0.05) is 194 Å². The highest BCUT2D eigenvalue weighted by Gasteiger charge is 2.43. The molecule has 0 saturated carbocycles. The van der Waals surface area contributed by atoms with Gasteiger partial charge in [0.1, 0.15) is 5.82 Å². The van der Waals surface area contributed by atoms with Crippen LogP contribution in [0.3, 0.4) is 0 Å². The van der Waals surface area contributed by atoms with E-state index < -0.39 is 8.07 Å². The molecule has 0 atom stereocenters. The quantitative estimate of drug-likeness (QED) is 0.101. The van der Waals surface area contributed by atoms with Crippen molar-refractivity contribution in [3.63, 3.8) is 0 Å². The van der Waals surface area contributed by atoms with Gasteiger partial charge >= 0.3 is 0 Å². The molecule has 11 aromatic rings. The van der Waals surface area contributed by atoms with E-state index in [4.69, 9.17) is 9.92 Å². The minimum absolute atomic E-state index is 0.143. The summed E-state index contributed by atoms with van der Waals surface area (Å²) in [5.74, 6) is 0.862. The molecular weight excluding hydrogens is 845 g/mol. The topological polar surface area (TPSA) is 33.5 Å². The molecule has 0 radical (unpaired) electrons. The highest BCUT2D eigenvalue weighted by atomic mass is 28.3. The van der Waals surface area contributed by atoms with Crippen molar-refractivity contribution in [3.05, 3.63) is 249 Å². The summed E-state index contributed by atoms with van der Waals surface area (Å²) in [5, 5.41) is 11.5. The van der Waals surface area contributed by atoms with Crippen molar-refractivity contribution in [2.45, 2.75) is 19.9 Å². The number of rotatable bonds is 10. The number of anilines is 3. The Morgan fingerprint density at radius 2 is 0.971 bits per heavy atom. The summed E-state index contributed by atoms with van der Waals surface area (Å²) in [5.41, 5.74) is 12.2. The van der Waals surface area contributed by atoms with Gasteiger partial charge in [-0.25, -0.2) is 10.0 Å². The maximum Gasteiger partial charge on any atom is 0.179 e. The number of hydroxylamine groups is 1. The number of nitrogens with zero attached hydrogens (tertiary/aromatic N) is 4. The normalized spacial score (nSPS) is 12.6. The summed E-state index contributed by atoms with van der Waals surface area (Å²) in [4.78, 5) is 11.9. The molecule has 0 aliphatic carbocycles. The van der Waals surface area contributed by atoms with Crippen LogP contribution in [-0.4, -0.2) is 23.7 Å². The van der Waals surface area contributed by atoms with Gasteiger partial charge in [0.25, 0.3) is 0 Å². The van der Waals surface area contributed by atoms with Gasteiger partial charge in [-0.15, -0.1) is 4.94 Å². The molecule has 5 nitrogen and oxygen atoms in total.